The minimum atomic E-state index is -0.0636. The third kappa shape index (κ3) is 2.99. The molecule has 0 atom stereocenters. The zero-order valence-electron chi connectivity index (χ0n) is 10.8. The fourth-order valence-corrected chi connectivity index (χ4v) is 2.44. The van der Waals surface area contributed by atoms with Crippen molar-refractivity contribution in [3.63, 3.8) is 0 Å². The number of hydrogen-bond acceptors (Lipinski definition) is 3. The second-order valence-electron chi connectivity index (χ2n) is 5.11. The number of aromatic nitrogens is 2. The van der Waals surface area contributed by atoms with Crippen LogP contribution < -0.4 is 5.32 Å². The number of halogens is 1. The number of aryl methyl sites for hydroxylation is 2. The fourth-order valence-electron chi connectivity index (χ4n) is 2.04. The molecule has 0 aliphatic heterocycles. The van der Waals surface area contributed by atoms with E-state index in [1.165, 1.54) is 0 Å². The largest absolute Gasteiger partial charge is 0.351 e. The normalized spacial score (nSPS) is 16.4. The Morgan fingerprint density at radius 1 is 1.44 bits per heavy atom. The second-order valence-corrected chi connectivity index (χ2v) is 5.48. The lowest BCUT2D eigenvalue weighted by molar-refractivity contribution is 0.0943. The van der Waals surface area contributed by atoms with Crippen molar-refractivity contribution in [2.75, 3.05) is 12.4 Å². The van der Waals surface area contributed by atoms with Crippen molar-refractivity contribution in [3.05, 3.63) is 23.0 Å². The molecule has 1 N–H and O–H groups in total. The summed E-state index contributed by atoms with van der Waals surface area (Å²) in [6.07, 6.45) is 3.29. The van der Waals surface area contributed by atoms with Gasteiger partial charge in [-0.2, -0.15) is 10.2 Å². The zero-order valence-corrected chi connectivity index (χ0v) is 11.5. The van der Waals surface area contributed by atoms with Gasteiger partial charge in [0.1, 0.15) is 0 Å². The Kier molecular flexibility index (Phi) is 3.85. The van der Waals surface area contributed by atoms with E-state index in [2.05, 4.69) is 15.5 Å². The molecule has 1 aromatic rings. The monoisotopic (exact) mass is 267 g/mol. The SMILES string of the molecule is Cc1cc(C(=O)NCC2(CCCl)CC2)c(C)nn1. The van der Waals surface area contributed by atoms with Gasteiger partial charge in [-0.15, -0.1) is 11.6 Å². The Labute approximate surface area is 112 Å². The molecule has 2 rings (SSSR count). The molecule has 1 amide bonds. The number of rotatable bonds is 5. The second kappa shape index (κ2) is 5.22. The van der Waals surface area contributed by atoms with Crippen molar-refractivity contribution in [3.8, 4) is 0 Å². The van der Waals surface area contributed by atoms with Gasteiger partial charge in [-0.3, -0.25) is 4.79 Å². The topological polar surface area (TPSA) is 54.9 Å². The Bertz CT molecular complexity index is 458. The molecule has 0 spiro atoms. The molecular formula is C13H18ClN3O. The number of hydrogen-bond donors (Lipinski definition) is 1. The molecule has 5 heteroatoms. The number of nitrogens with zero attached hydrogens (tertiary/aromatic N) is 2. The lowest BCUT2D eigenvalue weighted by Gasteiger charge is -2.14. The average Bonchev–Trinajstić information content (AvgIpc) is 3.10. The molecule has 0 saturated heterocycles. The van der Waals surface area contributed by atoms with E-state index in [1.807, 2.05) is 6.92 Å². The molecule has 0 radical (unpaired) electrons. The van der Waals surface area contributed by atoms with Crippen molar-refractivity contribution in [2.45, 2.75) is 33.1 Å². The number of carbonyl (C=O) groups is 1. The van der Waals surface area contributed by atoms with Gasteiger partial charge in [-0.05, 0) is 44.6 Å². The van der Waals surface area contributed by atoms with Crippen LogP contribution in [-0.2, 0) is 0 Å². The molecule has 18 heavy (non-hydrogen) atoms. The van der Waals surface area contributed by atoms with Gasteiger partial charge >= 0.3 is 0 Å². The van der Waals surface area contributed by atoms with Gasteiger partial charge in [0, 0.05) is 12.4 Å². The lowest BCUT2D eigenvalue weighted by atomic mass is 10.0. The van der Waals surface area contributed by atoms with Crippen molar-refractivity contribution < 1.29 is 4.79 Å². The molecule has 1 aliphatic rings. The standard InChI is InChI=1S/C13H18ClN3O/c1-9-7-11(10(2)17-16-9)12(18)15-8-13(3-4-13)5-6-14/h7H,3-6,8H2,1-2H3,(H,15,18). The zero-order chi connectivity index (χ0) is 13.2. The van der Waals surface area contributed by atoms with Gasteiger partial charge in [-0.25, -0.2) is 0 Å². The van der Waals surface area contributed by atoms with Crippen LogP contribution in [-0.4, -0.2) is 28.5 Å². The summed E-state index contributed by atoms with van der Waals surface area (Å²) in [4.78, 5) is 12.1. The maximum absolute atomic E-state index is 12.1. The quantitative estimate of drug-likeness (QED) is 0.833. The third-order valence-corrected chi connectivity index (χ3v) is 3.74. The van der Waals surface area contributed by atoms with Crippen LogP contribution in [0.1, 0.15) is 41.0 Å². The number of amides is 1. The van der Waals surface area contributed by atoms with Gasteiger partial charge in [0.15, 0.2) is 0 Å². The van der Waals surface area contributed by atoms with Crippen LogP contribution in [0.5, 0.6) is 0 Å². The Balaban J connectivity index is 1.98. The maximum Gasteiger partial charge on any atom is 0.253 e. The first-order valence-corrected chi connectivity index (χ1v) is 6.75. The highest BCUT2D eigenvalue weighted by molar-refractivity contribution is 6.17. The summed E-state index contributed by atoms with van der Waals surface area (Å²) < 4.78 is 0. The molecule has 0 unspecified atom stereocenters. The molecule has 1 heterocycles. The van der Waals surface area contributed by atoms with E-state index in [9.17, 15) is 4.79 Å². The smallest absolute Gasteiger partial charge is 0.253 e. The molecule has 1 aliphatic carbocycles. The van der Waals surface area contributed by atoms with Gasteiger partial charge in [0.2, 0.25) is 0 Å². The molecule has 0 aromatic carbocycles. The summed E-state index contributed by atoms with van der Waals surface area (Å²) in [7, 11) is 0. The van der Waals surface area contributed by atoms with Gasteiger partial charge in [0.05, 0.1) is 17.0 Å². The number of alkyl halides is 1. The highest BCUT2D eigenvalue weighted by atomic mass is 35.5. The van der Waals surface area contributed by atoms with E-state index in [0.29, 0.717) is 23.7 Å². The number of carbonyl (C=O) groups excluding carboxylic acids is 1. The van der Waals surface area contributed by atoms with E-state index < -0.39 is 0 Å². The molecular weight excluding hydrogens is 250 g/mol. The first-order chi connectivity index (χ1) is 8.56. The summed E-state index contributed by atoms with van der Waals surface area (Å²) >= 11 is 5.77. The van der Waals surface area contributed by atoms with Crippen LogP contribution in [0.4, 0.5) is 0 Å². The summed E-state index contributed by atoms with van der Waals surface area (Å²) in [5.41, 5.74) is 2.29. The Morgan fingerprint density at radius 2 is 2.17 bits per heavy atom. The summed E-state index contributed by atoms with van der Waals surface area (Å²) in [6, 6.07) is 1.78. The first-order valence-electron chi connectivity index (χ1n) is 6.21. The molecule has 4 nitrogen and oxygen atoms in total. The van der Waals surface area contributed by atoms with Crippen LogP contribution in [0.3, 0.4) is 0 Å². The van der Waals surface area contributed by atoms with Crippen molar-refractivity contribution in [1.82, 2.24) is 15.5 Å². The van der Waals surface area contributed by atoms with Gasteiger partial charge < -0.3 is 5.32 Å². The van der Waals surface area contributed by atoms with Crippen molar-refractivity contribution in [2.24, 2.45) is 5.41 Å². The van der Waals surface area contributed by atoms with Crippen LogP contribution in [0, 0.1) is 19.3 Å². The van der Waals surface area contributed by atoms with Gasteiger partial charge in [0.25, 0.3) is 5.91 Å². The summed E-state index contributed by atoms with van der Waals surface area (Å²) in [5.74, 6) is 0.594. The van der Waals surface area contributed by atoms with E-state index in [4.69, 9.17) is 11.6 Å². The first kappa shape index (κ1) is 13.3. The Morgan fingerprint density at radius 3 is 2.78 bits per heavy atom. The highest BCUT2D eigenvalue weighted by Crippen LogP contribution is 2.48. The molecule has 0 bridgehead atoms. The van der Waals surface area contributed by atoms with Crippen molar-refractivity contribution in [1.29, 1.82) is 0 Å². The van der Waals surface area contributed by atoms with E-state index in [1.54, 1.807) is 13.0 Å². The minimum Gasteiger partial charge on any atom is -0.351 e. The van der Waals surface area contributed by atoms with Gasteiger partial charge in [-0.1, -0.05) is 0 Å². The molecule has 1 saturated carbocycles. The molecule has 98 valence electrons. The molecule has 1 fully saturated rings. The predicted molar refractivity (Wildman–Crippen MR) is 70.8 cm³/mol. The molecule has 1 aromatic heterocycles. The van der Waals surface area contributed by atoms with Crippen LogP contribution in [0.2, 0.25) is 0 Å². The Hall–Kier alpha value is -1.16. The predicted octanol–water partition coefficient (Wildman–Crippen LogP) is 2.23. The van der Waals surface area contributed by atoms with Crippen LogP contribution in [0.15, 0.2) is 6.07 Å². The lowest BCUT2D eigenvalue weighted by Crippen LogP contribution is -2.31. The minimum absolute atomic E-state index is 0.0636. The summed E-state index contributed by atoms with van der Waals surface area (Å²) in [5, 5.41) is 10.9. The van der Waals surface area contributed by atoms with E-state index in [0.717, 1.165) is 25.0 Å². The fraction of sp³-hybridized carbons (Fsp3) is 0.615. The van der Waals surface area contributed by atoms with Crippen molar-refractivity contribution >= 4 is 17.5 Å². The van der Waals surface area contributed by atoms with Crippen LogP contribution >= 0.6 is 11.6 Å². The third-order valence-electron chi connectivity index (χ3n) is 3.55. The summed E-state index contributed by atoms with van der Waals surface area (Å²) in [6.45, 7) is 4.34. The number of nitrogens with one attached hydrogen (secondary N) is 1. The maximum atomic E-state index is 12.1. The van der Waals surface area contributed by atoms with E-state index >= 15 is 0 Å². The van der Waals surface area contributed by atoms with Crippen LogP contribution in [0.25, 0.3) is 0 Å². The highest BCUT2D eigenvalue weighted by Gasteiger charge is 2.41. The average molecular weight is 268 g/mol. The van der Waals surface area contributed by atoms with E-state index in [-0.39, 0.29) is 11.3 Å².